The van der Waals surface area contributed by atoms with Crippen molar-refractivity contribution < 1.29 is 13.2 Å². The van der Waals surface area contributed by atoms with E-state index in [0.717, 1.165) is 19.2 Å². The summed E-state index contributed by atoms with van der Waals surface area (Å²) in [6.07, 6.45) is 3.50. The summed E-state index contributed by atoms with van der Waals surface area (Å²) in [6.45, 7) is -0.415. The fourth-order valence-corrected chi connectivity index (χ4v) is 4.79. The van der Waals surface area contributed by atoms with E-state index in [2.05, 4.69) is 26.5 Å². The molecule has 3 aromatic carbocycles. The van der Waals surface area contributed by atoms with E-state index in [9.17, 15) is 13.2 Å². The van der Waals surface area contributed by atoms with Gasteiger partial charge in [0.1, 0.15) is 6.54 Å². The number of thioether (sulfide) groups is 1. The molecule has 0 unspecified atom stereocenters. The third-order valence-corrected chi connectivity index (χ3v) is 7.31. The molecule has 1 amide bonds. The lowest BCUT2D eigenvalue weighted by Gasteiger charge is -2.23. The van der Waals surface area contributed by atoms with Crippen LogP contribution in [0.2, 0.25) is 0 Å². The van der Waals surface area contributed by atoms with Gasteiger partial charge in [0.05, 0.1) is 16.8 Å². The van der Waals surface area contributed by atoms with E-state index in [0.29, 0.717) is 5.69 Å². The van der Waals surface area contributed by atoms with Crippen LogP contribution in [0.3, 0.4) is 0 Å². The average molecular weight is 518 g/mol. The van der Waals surface area contributed by atoms with Gasteiger partial charge in [-0.1, -0.05) is 46.3 Å². The molecule has 3 rings (SSSR count). The first-order chi connectivity index (χ1) is 14.9. The Bertz CT molecular complexity index is 1150. The minimum Gasteiger partial charge on any atom is -0.271 e. The van der Waals surface area contributed by atoms with Crippen molar-refractivity contribution in [2.75, 3.05) is 17.1 Å². The summed E-state index contributed by atoms with van der Waals surface area (Å²) in [5.41, 5.74) is 3.60. The van der Waals surface area contributed by atoms with E-state index in [-0.39, 0.29) is 4.90 Å². The van der Waals surface area contributed by atoms with Crippen molar-refractivity contribution in [3.63, 3.8) is 0 Å². The Balaban J connectivity index is 1.78. The maximum Gasteiger partial charge on any atom is 0.264 e. The largest absolute Gasteiger partial charge is 0.271 e. The van der Waals surface area contributed by atoms with Crippen molar-refractivity contribution in [3.05, 3.63) is 88.9 Å². The van der Waals surface area contributed by atoms with Crippen LogP contribution in [0.4, 0.5) is 5.69 Å². The summed E-state index contributed by atoms with van der Waals surface area (Å²) in [6, 6.07) is 22.4. The number of anilines is 1. The zero-order chi connectivity index (χ0) is 22.3. The number of nitrogens with zero attached hydrogens (tertiary/aromatic N) is 2. The summed E-state index contributed by atoms with van der Waals surface area (Å²) in [4.78, 5) is 13.7. The maximum absolute atomic E-state index is 13.2. The van der Waals surface area contributed by atoms with Crippen molar-refractivity contribution in [1.82, 2.24) is 5.43 Å². The van der Waals surface area contributed by atoms with Crippen molar-refractivity contribution in [3.8, 4) is 0 Å². The van der Waals surface area contributed by atoms with E-state index < -0.39 is 22.5 Å². The first kappa shape index (κ1) is 23.1. The average Bonchev–Trinajstić information content (AvgIpc) is 2.79. The Morgan fingerprint density at radius 3 is 2.29 bits per heavy atom. The molecule has 0 saturated heterocycles. The van der Waals surface area contributed by atoms with Crippen molar-refractivity contribution in [2.24, 2.45) is 5.10 Å². The number of amides is 1. The molecular formula is C22H20BrN3O3S2. The van der Waals surface area contributed by atoms with Crippen LogP contribution in [0, 0.1) is 0 Å². The number of hydrogen-bond acceptors (Lipinski definition) is 5. The Morgan fingerprint density at radius 2 is 1.68 bits per heavy atom. The highest BCUT2D eigenvalue weighted by molar-refractivity contribution is 9.10. The molecule has 0 aliphatic carbocycles. The second-order valence-corrected chi connectivity index (χ2v) is 10.0. The van der Waals surface area contributed by atoms with Gasteiger partial charge < -0.3 is 0 Å². The van der Waals surface area contributed by atoms with Crippen LogP contribution in [0.25, 0.3) is 0 Å². The van der Waals surface area contributed by atoms with Crippen LogP contribution in [-0.4, -0.2) is 33.3 Å². The van der Waals surface area contributed by atoms with Gasteiger partial charge in [-0.25, -0.2) is 13.8 Å². The Hall–Kier alpha value is -2.62. The predicted molar refractivity (Wildman–Crippen MR) is 129 cm³/mol. The van der Waals surface area contributed by atoms with Gasteiger partial charge in [0, 0.05) is 9.37 Å². The molecule has 0 saturated carbocycles. The third kappa shape index (κ3) is 6.19. The van der Waals surface area contributed by atoms with E-state index in [1.807, 2.05) is 30.5 Å². The molecule has 6 nitrogen and oxygen atoms in total. The van der Waals surface area contributed by atoms with Gasteiger partial charge in [-0.15, -0.1) is 11.8 Å². The summed E-state index contributed by atoms with van der Waals surface area (Å²) in [5, 5.41) is 3.95. The predicted octanol–water partition coefficient (Wildman–Crippen LogP) is 4.52. The first-order valence-electron chi connectivity index (χ1n) is 9.19. The highest BCUT2D eigenvalue weighted by Gasteiger charge is 2.27. The molecule has 160 valence electrons. The number of hydrogen-bond donors (Lipinski definition) is 1. The molecule has 0 aliphatic heterocycles. The van der Waals surface area contributed by atoms with Gasteiger partial charge in [0.15, 0.2) is 0 Å². The monoisotopic (exact) mass is 517 g/mol. The highest BCUT2D eigenvalue weighted by Crippen LogP contribution is 2.25. The summed E-state index contributed by atoms with van der Waals surface area (Å²) in [7, 11) is -3.94. The standard InChI is InChI=1S/C22H20BrN3O3S2/c1-30-20-13-7-17(8-14-20)15-24-25-22(27)16-26(19-11-9-18(23)10-12-19)31(28,29)21-5-3-2-4-6-21/h2-15H,16H2,1H3,(H,25,27)/b24-15+. The van der Waals surface area contributed by atoms with Crippen LogP contribution in [0.1, 0.15) is 5.56 Å². The van der Waals surface area contributed by atoms with Crippen molar-refractivity contribution in [1.29, 1.82) is 0 Å². The van der Waals surface area contributed by atoms with Gasteiger partial charge >= 0.3 is 0 Å². The van der Waals surface area contributed by atoms with Crippen LogP contribution >= 0.6 is 27.7 Å². The number of halogens is 1. The Morgan fingerprint density at radius 1 is 1.03 bits per heavy atom. The number of benzene rings is 3. The second-order valence-electron chi connectivity index (χ2n) is 6.37. The number of rotatable bonds is 8. The molecule has 0 radical (unpaired) electrons. The summed E-state index contributed by atoms with van der Waals surface area (Å²) in [5.74, 6) is -0.556. The fourth-order valence-electron chi connectivity index (χ4n) is 2.68. The number of sulfonamides is 1. The van der Waals surface area contributed by atoms with Crippen LogP contribution in [0.5, 0.6) is 0 Å². The van der Waals surface area contributed by atoms with E-state index in [4.69, 9.17) is 0 Å². The van der Waals surface area contributed by atoms with Gasteiger partial charge in [0.25, 0.3) is 15.9 Å². The minimum atomic E-state index is -3.94. The molecule has 0 aliphatic rings. The fraction of sp³-hybridized carbons (Fsp3) is 0.0909. The maximum atomic E-state index is 13.2. The first-order valence-corrected chi connectivity index (χ1v) is 12.7. The molecule has 31 heavy (non-hydrogen) atoms. The molecular weight excluding hydrogens is 498 g/mol. The molecule has 0 heterocycles. The lowest BCUT2D eigenvalue weighted by atomic mass is 10.2. The number of carbonyl (C=O) groups excluding carboxylic acids is 1. The molecule has 0 fully saturated rings. The Kier molecular flexibility index (Phi) is 7.89. The lowest BCUT2D eigenvalue weighted by Crippen LogP contribution is -2.39. The number of hydrazone groups is 1. The number of carbonyl (C=O) groups is 1. The summed E-state index contributed by atoms with van der Waals surface area (Å²) >= 11 is 4.97. The van der Waals surface area contributed by atoms with E-state index in [1.54, 1.807) is 54.2 Å². The van der Waals surface area contributed by atoms with Gasteiger partial charge in [-0.3, -0.25) is 9.10 Å². The molecule has 9 heteroatoms. The smallest absolute Gasteiger partial charge is 0.264 e. The van der Waals surface area contributed by atoms with Crippen molar-refractivity contribution >= 4 is 55.5 Å². The Labute approximate surface area is 194 Å². The van der Waals surface area contributed by atoms with E-state index >= 15 is 0 Å². The zero-order valence-corrected chi connectivity index (χ0v) is 19.8. The van der Waals surface area contributed by atoms with Crippen LogP contribution in [0.15, 0.2) is 98.2 Å². The molecule has 0 spiro atoms. The summed E-state index contributed by atoms with van der Waals surface area (Å²) < 4.78 is 28.3. The zero-order valence-electron chi connectivity index (χ0n) is 16.6. The molecule has 1 N–H and O–H groups in total. The minimum absolute atomic E-state index is 0.100. The van der Waals surface area contributed by atoms with Crippen LogP contribution in [-0.2, 0) is 14.8 Å². The number of nitrogens with one attached hydrogen (secondary N) is 1. The third-order valence-electron chi connectivity index (χ3n) is 4.25. The SMILES string of the molecule is CSc1ccc(/C=N/NC(=O)CN(c2ccc(Br)cc2)S(=O)(=O)c2ccccc2)cc1. The molecule has 0 aromatic heterocycles. The van der Waals surface area contributed by atoms with Crippen LogP contribution < -0.4 is 9.73 Å². The van der Waals surface area contributed by atoms with Crippen molar-refractivity contribution in [2.45, 2.75) is 9.79 Å². The quantitative estimate of drug-likeness (QED) is 0.270. The molecule has 0 atom stereocenters. The highest BCUT2D eigenvalue weighted by atomic mass is 79.9. The van der Waals surface area contributed by atoms with Gasteiger partial charge in [0.2, 0.25) is 0 Å². The van der Waals surface area contributed by atoms with Gasteiger partial charge in [-0.2, -0.15) is 5.10 Å². The lowest BCUT2D eigenvalue weighted by molar-refractivity contribution is -0.119. The normalized spacial score (nSPS) is 11.4. The second kappa shape index (κ2) is 10.6. The van der Waals surface area contributed by atoms with E-state index in [1.165, 1.54) is 18.3 Å². The molecule has 0 bridgehead atoms. The van der Waals surface area contributed by atoms with Gasteiger partial charge in [-0.05, 0) is 60.4 Å². The topological polar surface area (TPSA) is 78.8 Å². The molecule has 3 aromatic rings.